The molecular formula is C24H27NO2. The smallest absolute Gasteiger partial charge is 0.174 e. The van der Waals surface area contributed by atoms with Gasteiger partial charge in [-0.05, 0) is 48.4 Å². The molecule has 0 saturated carbocycles. The lowest BCUT2D eigenvalue weighted by atomic mass is 9.82. The number of hydrogen-bond donors (Lipinski definition) is 0. The van der Waals surface area contributed by atoms with Crippen molar-refractivity contribution in [2.24, 2.45) is 0 Å². The standard InChI is InChI=1S/C24H27NO2/c1-4-9-18-10-6-7-13-21(18)23-17-25(14-5-2)16-22(24(23)26)19-11-8-12-20(15-19)27-3/h5-8,10-16,23H,4,9,17H2,1-3H3/b14-5-. The van der Waals surface area contributed by atoms with Gasteiger partial charge in [-0.2, -0.15) is 0 Å². The first-order chi connectivity index (χ1) is 13.2. The Hall–Kier alpha value is -2.81. The monoisotopic (exact) mass is 361 g/mol. The summed E-state index contributed by atoms with van der Waals surface area (Å²) in [5.74, 6) is 0.759. The predicted octanol–water partition coefficient (Wildman–Crippen LogP) is 5.19. The van der Waals surface area contributed by atoms with Crippen LogP contribution < -0.4 is 4.74 Å². The third-order valence-corrected chi connectivity index (χ3v) is 4.94. The topological polar surface area (TPSA) is 29.5 Å². The molecule has 0 radical (unpaired) electrons. The Kier molecular flexibility index (Phi) is 6.12. The minimum Gasteiger partial charge on any atom is -0.497 e. The molecule has 0 spiro atoms. The first-order valence-corrected chi connectivity index (χ1v) is 9.54. The highest BCUT2D eigenvalue weighted by molar-refractivity contribution is 6.24. The lowest BCUT2D eigenvalue weighted by molar-refractivity contribution is -0.115. The molecule has 3 heteroatoms. The molecular weight excluding hydrogens is 334 g/mol. The summed E-state index contributed by atoms with van der Waals surface area (Å²) in [6.45, 7) is 4.83. The molecule has 140 valence electrons. The molecule has 27 heavy (non-hydrogen) atoms. The van der Waals surface area contributed by atoms with Crippen LogP contribution in [0, 0.1) is 0 Å². The normalized spacial score (nSPS) is 17.3. The van der Waals surface area contributed by atoms with Crippen molar-refractivity contribution in [2.75, 3.05) is 13.7 Å². The van der Waals surface area contributed by atoms with Gasteiger partial charge in [0.1, 0.15) is 5.75 Å². The maximum atomic E-state index is 13.5. The quantitative estimate of drug-likeness (QED) is 0.709. The minimum atomic E-state index is -0.171. The van der Waals surface area contributed by atoms with E-state index >= 15 is 0 Å². The number of hydrogen-bond acceptors (Lipinski definition) is 3. The van der Waals surface area contributed by atoms with Crippen molar-refractivity contribution >= 4 is 11.4 Å². The predicted molar refractivity (Wildman–Crippen MR) is 111 cm³/mol. The zero-order chi connectivity index (χ0) is 19.2. The summed E-state index contributed by atoms with van der Waals surface area (Å²) in [5, 5.41) is 0. The van der Waals surface area contributed by atoms with Crippen LogP contribution in [0.3, 0.4) is 0 Å². The van der Waals surface area contributed by atoms with Crippen molar-refractivity contribution in [3.05, 3.63) is 83.7 Å². The van der Waals surface area contributed by atoms with Crippen LogP contribution in [0.1, 0.15) is 42.9 Å². The van der Waals surface area contributed by atoms with Gasteiger partial charge in [0, 0.05) is 18.3 Å². The highest BCUT2D eigenvalue weighted by Gasteiger charge is 2.31. The number of ether oxygens (including phenoxy) is 1. The average molecular weight is 361 g/mol. The highest BCUT2D eigenvalue weighted by Crippen LogP contribution is 2.34. The van der Waals surface area contributed by atoms with Crippen molar-refractivity contribution in [1.29, 1.82) is 0 Å². The lowest BCUT2D eigenvalue weighted by Gasteiger charge is -2.31. The van der Waals surface area contributed by atoms with Crippen LogP contribution in [-0.2, 0) is 11.2 Å². The Morgan fingerprint density at radius 3 is 2.74 bits per heavy atom. The SMILES string of the molecule is C/C=C\N1C=C(c2cccc(OC)c2)C(=O)C(c2ccccc2CCC)C1. The molecule has 0 N–H and O–H groups in total. The highest BCUT2D eigenvalue weighted by atomic mass is 16.5. The Labute approximate surface area is 162 Å². The second-order valence-corrected chi connectivity index (χ2v) is 6.82. The Bertz CT molecular complexity index is 866. The number of carbonyl (C=O) groups excluding carboxylic acids is 1. The summed E-state index contributed by atoms with van der Waals surface area (Å²) in [7, 11) is 1.64. The number of rotatable bonds is 6. The number of methoxy groups -OCH3 is 1. The molecule has 0 aliphatic carbocycles. The summed E-state index contributed by atoms with van der Waals surface area (Å²) < 4.78 is 5.35. The minimum absolute atomic E-state index is 0.171. The van der Waals surface area contributed by atoms with Gasteiger partial charge in [0.05, 0.1) is 13.0 Å². The Morgan fingerprint density at radius 2 is 2.00 bits per heavy atom. The molecule has 2 aromatic carbocycles. The molecule has 1 atom stereocenters. The summed E-state index contributed by atoms with van der Waals surface area (Å²) in [5.41, 5.74) is 4.04. The number of benzene rings is 2. The van der Waals surface area contributed by atoms with E-state index in [0.29, 0.717) is 6.54 Å². The van der Waals surface area contributed by atoms with Gasteiger partial charge in [-0.25, -0.2) is 0 Å². The van der Waals surface area contributed by atoms with Crippen LogP contribution in [-0.4, -0.2) is 24.3 Å². The summed E-state index contributed by atoms with van der Waals surface area (Å²) in [6.07, 6.45) is 8.04. The fraction of sp³-hybridized carbons (Fsp3) is 0.292. The molecule has 1 aliphatic heterocycles. The molecule has 1 unspecified atom stereocenters. The molecule has 1 heterocycles. The maximum Gasteiger partial charge on any atom is 0.174 e. The van der Waals surface area contributed by atoms with Crippen molar-refractivity contribution in [3.8, 4) is 5.75 Å². The Morgan fingerprint density at radius 1 is 1.19 bits per heavy atom. The molecule has 3 nitrogen and oxygen atoms in total. The molecule has 2 aromatic rings. The van der Waals surface area contributed by atoms with Crippen molar-refractivity contribution in [1.82, 2.24) is 4.90 Å². The number of ketones is 1. The summed E-state index contributed by atoms with van der Waals surface area (Å²) >= 11 is 0. The molecule has 0 bridgehead atoms. The van der Waals surface area contributed by atoms with E-state index in [0.717, 1.165) is 35.3 Å². The van der Waals surface area contributed by atoms with Crippen LogP contribution in [0.4, 0.5) is 0 Å². The fourth-order valence-corrected chi connectivity index (χ4v) is 3.68. The van der Waals surface area contributed by atoms with Crippen LogP contribution in [0.2, 0.25) is 0 Å². The molecule has 0 aromatic heterocycles. The van der Waals surface area contributed by atoms with Crippen molar-refractivity contribution in [3.63, 3.8) is 0 Å². The second-order valence-electron chi connectivity index (χ2n) is 6.82. The van der Waals surface area contributed by atoms with Crippen molar-refractivity contribution < 1.29 is 9.53 Å². The molecule has 0 saturated heterocycles. The largest absolute Gasteiger partial charge is 0.497 e. The summed E-state index contributed by atoms with van der Waals surface area (Å²) in [4.78, 5) is 15.6. The molecule has 0 amide bonds. The van der Waals surface area contributed by atoms with Crippen LogP contribution >= 0.6 is 0 Å². The van der Waals surface area contributed by atoms with Gasteiger partial charge in [-0.1, -0.05) is 55.8 Å². The van der Waals surface area contributed by atoms with E-state index in [1.807, 2.05) is 55.7 Å². The first kappa shape index (κ1) is 19.0. The van der Waals surface area contributed by atoms with E-state index < -0.39 is 0 Å². The lowest BCUT2D eigenvalue weighted by Crippen LogP contribution is -2.32. The number of allylic oxidation sites excluding steroid dienone is 2. The zero-order valence-electron chi connectivity index (χ0n) is 16.3. The van der Waals surface area contributed by atoms with Crippen LogP contribution in [0.25, 0.3) is 5.57 Å². The molecule has 3 rings (SSSR count). The third-order valence-electron chi connectivity index (χ3n) is 4.94. The fourth-order valence-electron chi connectivity index (χ4n) is 3.68. The van der Waals surface area contributed by atoms with Crippen LogP contribution in [0.15, 0.2) is 67.0 Å². The maximum absolute atomic E-state index is 13.5. The van der Waals surface area contributed by atoms with E-state index in [1.165, 1.54) is 5.56 Å². The van der Waals surface area contributed by atoms with Gasteiger partial charge in [0.2, 0.25) is 0 Å². The van der Waals surface area contributed by atoms with Crippen LogP contribution in [0.5, 0.6) is 5.75 Å². The number of aryl methyl sites for hydroxylation is 1. The van der Waals surface area contributed by atoms with E-state index in [-0.39, 0.29) is 11.7 Å². The van der Waals surface area contributed by atoms with E-state index in [9.17, 15) is 4.79 Å². The van der Waals surface area contributed by atoms with Gasteiger partial charge in [0.15, 0.2) is 5.78 Å². The molecule has 1 aliphatic rings. The number of nitrogens with zero attached hydrogens (tertiary/aromatic N) is 1. The van der Waals surface area contributed by atoms with E-state index in [1.54, 1.807) is 7.11 Å². The second kappa shape index (κ2) is 8.72. The molecule has 0 fully saturated rings. The van der Waals surface area contributed by atoms with Crippen molar-refractivity contribution in [2.45, 2.75) is 32.6 Å². The third kappa shape index (κ3) is 4.13. The van der Waals surface area contributed by atoms with E-state index in [4.69, 9.17) is 4.74 Å². The van der Waals surface area contributed by atoms with Gasteiger partial charge in [0.25, 0.3) is 0 Å². The Balaban J connectivity index is 2.05. The van der Waals surface area contributed by atoms with E-state index in [2.05, 4.69) is 30.0 Å². The number of carbonyl (C=O) groups is 1. The van der Waals surface area contributed by atoms with Gasteiger partial charge < -0.3 is 9.64 Å². The average Bonchev–Trinajstić information content (AvgIpc) is 2.70. The van der Waals surface area contributed by atoms with Gasteiger partial charge in [-0.15, -0.1) is 0 Å². The summed E-state index contributed by atoms with van der Waals surface area (Å²) in [6, 6.07) is 16.1. The van der Waals surface area contributed by atoms with Gasteiger partial charge in [-0.3, -0.25) is 4.79 Å². The number of Topliss-reactive ketones (excluding diaryl/α,β-unsaturated/α-hetero) is 1. The zero-order valence-corrected chi connectivity index (χ0v) is 16.3. The first-order valence-electron chi connectivity index (χ1n) is 9.54. The van der Waals surface area contributed by atoms with Gasteiger partial charge >= 0.3 is 0 Å².